The highest BCUT2D eigenvalue weighted by atomic mass is 16.1. The molecule has 76 valence electrons. The third kappa shape index (κ3) is 1.81. The number of carbonyl (C=O) groups is 1. The molecule has 2 aromatic rings. The Morgan fingerprint density at radius 1 is 1.20 bits per heavy atom. The lowest BCUT2D eigenvalue weighted by Crippen LogP contribution is -1.95. The van der Waals surface area contributed by atoms with Gasteiger partial charge in [-0.25, -0.2) is 0 Å². The first-order valence-corrected chi connectivity index (χ1v) is 4.78. The molecule has 1 heterocycles. The summed E-state index contributed by atoms with van der Waals surface area (Å²) in [4.78, 5) is 11.1. The summed E-state index contributed by atoms with van der Waals surface area (Å²) < 4.78 is 1.81. The van der Waals surface area contributed by atoms with Gasteiger partial charge in [0, 0.05) is 18.8 Å². The van der Waals surface area contributed by atoms with Crippen molar-refractivity contribution in [2.75, 3.05) is 0 Å². The smallest absolute Gasteiger partial charge is 0.159 e. The molecule has 3 heteroatoms. The fourth-order valence-electron chi connectivity index (χ4n) is 1.53. The number of hydrogen-bond acceptors (Lipinski definition) is 2. The molecule has 0 aliphatic heterocycles. The van der Waals surface area contributed by atoms with Crippen molar-refractivity contribution in [1.29, 1.82) is 0 Å². The quantitative estimate of drug-likeness (QED) is 0.697. The first-order valence-electron chi connectivity index (χ1n) is 4.78. The summed E-state index contributed by atoms with van der Waals surface area (Å²) >= 11 is 0. The molecule has 0 aliphatic carbocycles. The molecule has 0 radical (unpaired) electrons. The number of hydrogen-bond donors (Lipinski definition) is 0. The van der Waals surface area contributed by atoms with Crippen molar-refractivity contribution in [2.24, 2.45) is 7.05 Å². The van der Waals surface area contributed by atoms with Crippen molar-refractivity contribution in [1.82, 2.24) is 9.78 Å². The molecule has 0 fully saturated rings. The lowest BCUT2D eigenvalue weighted by molar-refractivity contribution is 0.101. The SMILES string of the molecule is CC(=O)c1ccc(-c2ccnn2C)cc1. The zero-order chi connectivity index (χ0) is 10.8. The van der Waals surface area contributed by atoms with E-state index in [-0.39, 0.29) is 5.78 Å². The molecule has 0 amide bonds. The molecular formula is C12H12N2O. The van der Waals surface area contributed by atoms with Crippen LogP contribution in [0.15, 0.2) is 36.5 Å². The summed E-state index contributed by atoms with van der Waals surface area (Å²) in [5.74, 6) is 0.0894. The van der Waals surface area contributed by atoms with Gasteiger partial charge >= 0.3 is 0 Å². The van der Waals surface area contributed by atoms with Gasteiger partial charge in [0.05, 0.1) is 5.69 Å². The van der Waals surface area contributed by atoms with Crippen LogP contribution in [-0.4, -0.2) is 15.6 Å². The van der Waals surface area contributed by atoms with E-state index in [1.54, 1.807) is 13.1 Å². The Labute approximate surface area is 88.4 Å². The fourth-order valence-corrected chi connectivity index (χ4v) is 1.53. The number of carbonyl (C=O) groups excluding carboxylic acids is 1. The minimum absolute atomic E-state index is 0.0894. The standard InChI is InChI=1S/C12H12N2O/c1-9(15)10-3-5-11(6-4-10)12-7-8-13-14(12)2/h3-8H,1-2H3. The fraction of sp³-hybridized carbons (Fsp3) is 0.167. The molecule has 0 N–H and O–H groups in total. The molecular weight excluding hydrogens is 188 g/mol. The van der Waals surface area contributed by atoms with Crippen molar-refractivity contribution in [3.8, 4) is 11.3 Å². The van der Waals surface area contributed by atoms with Gasteiger partial charge in [0.15, 0.2) is 5.78 Å². The Balaban J connectivity index is 2.40. The van der Waals surface area contributed by atoms with Crippen molar-refractivity contribution in [2.45, 2.75) is 6.92 Å². The zero-order valence-electron chi connectivity index (χ0n) is 8.77. The van der Waals surface area contributed by atoms with Crippen LogP contribution in [0.2, 0.25) is 0 Å². The van der Waals surface area contributed by atoms with Crippen LogP contribution in [0, 0.1) is 0 Å². The molecule has 1 aromatic carbocycles. The van der Waals surface area contributed by atoms with Crippen LogP contribution in [0.3, 0.4) is 0 Å². The van der Waals surface area contributed by atoms with Gasteiger partial charge in [-0.05, 0) is 18.6 Å². The molecule has 0 bridgehead atoms. The van der Waals surface area contributed by atoms with E-state index >= 15 is 0 Å². The van der Waals surface area contributed by atoms with Gasteiger partial charge in [-0.15, -0.1) is 0 Å². The molecule has 0 spiro atoms. The Bertz CT molecular complexity index is 483. The van der Waals surface area contributed by atoms with Gasteiger partial charge < -0.3 is 0 Å². The second kappa shape index (κ2) is 3.69. The second-order valence-corrected chi connectivity index (χ2v) is 3.47. The number of Topliss-reactive ketones (excluding diaryl/α,β-unsaturated/α-hetero) is 1. The largest absolute Gasteiger partial charge is 0.295 e. The molecule has 2 rings (SSSR count). The summed E-state index contributed by atoms with van der Waals surface area (Å²) in [7, 11) is 1.90. The third-order valence-corrected chi connectivity index (χ3v) is 2.41. The Morgan fingerprint density at radius 2 is 1.87 bits per heavy atom. The van der Waals surface area contributed by atoms with Gasteiger partial charge in [0.1, 0.15) is 0 Å². The average molecular weight is 200 g/mol. The van der Waals surface area contributed by atoms with Crippen molar-refractivity contribution in [3.05, 3.63) is 42.1 Å². The van der Waals surface area contributed by atoms with Crippen LogP contribution >= 0.6 is 0 Å². The number of aryl methyl sites for hydroxylation is 1. The van der Waals surface area contributed by atoms with Crippen LogP contribution in [0.1, 0.15) is 17.3 Å². The van der Waals surface area contributed by atoms with Crippen LogP contribution in [0.25, 0.3) is 11.3 Å². The van der Waals surface area contributed by atoms with E-state index in [0.29, 0.717) is 0 Å². The third-order valence-electron chi connectivity index (χ3n) is 2.41. The topological polar surface area (TPSA) is 34.9 Å². The summed E-state index contributed by atoms with van der Waals surface area (Å²) in [6, 6.07) is 9.50. The minimum atomic E-state index is 0.0894. The Kier molecular flexibility index (Phi) is 2.37. The maximum absolute atomic E-state index is 11.1. The molecule has 1 aromatic heterocycles. The lowest BCUT2D eigenvalue weighted by atomic mass is 10.1. The van der Waals surface area contributed by atoms with Gasteiger partial charge in [0.2, 0.25) is 0 Å². The minimum Gasteiger partial charge on any atom is -0.295 e. The molecule has 15 heavy (non-hydrogen) atoms. The number of nitrogens with zero attached hydrogens (tertiary/aromatic N) is 2. The van der Waals surface area contributed by atoms with E-state index in [1.165, 1.54) is 0 Å². The average Bonchev–Trinajstić information content (AvgIpc) is 2.65. The Morgan fingerprint density at radius 3 is 2.33 bits per heavy atom. The van der Waals surface area contributed by atoms with Crippen molar-refractivity contribution in [3.63, 3.8) is 0 Å². The highest BCUT2D eigenvalue weighted by Crippen LogP contribution is 2.18. The van der Waals surface area contributed by atoms with Crippen LogP contribution in [-0.2, 0) is 7.05 Å². The molecule has 0 aliphatic rings. The van der Waals surface area contributed by atoms with Gasteiger partial charge in [-0.1, -0.05) is 24.3 Å². The number of benzene rings is 1. The molecule has 0 saturated carbocycles. The molecule has 0 unspecified atom stereocenters. The van der Waals surface area contributed by atoms with Crippen LogP contribution in [0.5, 0.6) is 0 Å². The van der Waals surface area contributed by atoms with Crippen molar-refractivity contribution < 1.29 is 4.79 Å². The predicted octanol–water partition coefficient (Wildman–Crippen LogP) is 2.29. The number of rotatable bonds is 2. The van der Waals surface area contributed by atoms with E-state index in [4.69, 9.17) is 0 Å². The zero-order valence-corrected chi connectivity index (χ0v) is 8.77. The number of ketones is 1. The molecule has 3 nitrogen and oxygen atoms in total. The predicted molar refractivity (Wildman–Crippen MR) is 58.6 cm³/mol. The second-order valence-electron chi connectivity index (χ2n) is 3.47. The van der Waals surface area contributed by atoms with E-state index in [1.807, 2.05) is 42.1 Å². The molecule has 0 saturated heterocycles. The maximum Gasteiger partial charge on any atom is 0.159 e. The normalized spacial score (nSPS) is 10.3. The summed E-state index contributed by atoms with van der Waals surface area (Å²) in [5.41, 5.74) is 2.85. The summed E-state index contributed by atoms with van der Waals surface area (Å²) in [6.07, 6.45) is 1.76. The monoisotopic (exact) mass is 200 g/mol. The van der Waals surface area contributed by atoms with Crippen molar-refractivity contribution >= 4 is 5.78 Å². The summed E-state index contributed by atoms with van der Waals surface area (Å²) in [5, 5.41) is 4.10. The van der Waals surface area contributed by atoms with Crippen LogP contribution < -0.4 is 0 Å². The van der Waals surface area contributed by atoms with Gasteiger partial charge in [-0.3, -0.25) is 9.48 Å². The number of aromatic nitrogens is 2. The Hall–Kier alpha value is -1.90. The van der Waals surface area contributed by atoms with E-state index < -0.39 is 0 Å². The first kappa shape index (κ1) is 9.65. The van der Waals surface area contributed by atoms with E-state index in [0.717, 1.165) is 16.8 Å². The molecule has 0 atom stereocenters. The van der Waals surface area contributed by atoms with Gasteiger partial charge in [-0.2, -0.15) is 5.10 Å². The first-order chi connectivity index (χ1) is 7.18. The van der Waals surface area contributed by atoms with Crippen LogP contribution in [0.4, 0.5) is 0 Å². The maximum atomic E-state index is 11.1. The van der Waals surface area contributed by atoms with Gasteiger partial charge in [0.25, 0.3) is 0 Å². The highest BCUT2D eigenvalue weighted by molar-refractivity contribution is 5.94. The lowest BCUT2D eigenvalue weighted by Gasteiger charge is -2.02. The van der Waals surface area contributed by atoms with E-state index in [2.05, 4.69) is 5.10 Å². The van der Waals surface area contributed by atoms with E-state index in [9.17, 15) is 4.79 Å². The highest BCUT2D eigenvalue weighted by Gasteiger charge is 2.03. The summed E-state index contributed by atoms with van der Waals surface area (Å²) in [6.45, 7) is 1.57.